The lowest BCUT2D eigenvalue weighted by molar-refractivity contribution is -0.157. The Hall–Kier alpha value is -2.16. The molecule has 0 aromatic rings. The van der Waals surface area contributed by atoms with Gasteiger partial charge in [0.25, 0.3) is 0 Å². The molecule has 0 aromatic heterocycles. The molecule has 3 N–H and O–H groups in total. The van der Waals surface area contributed by atoms with Crippen molar-refractivity contribution in [3.63, 3.8) is 0 Å². The molecular formula is C15H24N2O7. The van der Waals surface area contributed by atoms with Crippen molar-refractivity contribution in [2.75, 3.05) is 26.4 Å². The Labute approximate surface area is 140 Å². The van der Waals surface area contributed by atoms with Gasteiger partial charge in [0.05, 0.1) is 38.1 Å². The Morgan fingerprint density at radius 1 is 1.21 bits per heavy atom. The van der Waals surface area contributed by atoms with Gasteiger partial charge in [0, 0.05) is 6.61 Å². The highest BCUT2D eigenvalue weighted by atomic mass is 16.5. The van der Waals surface area contributed by atoms with Gasteiger partial charge in [-0.05, 0) is 20.3 Å². The third kappa shape index (κ3) is 5.80. The minimum atomic E-state index is -1.36. The van der Waals surface area contributed by atoms with Crippen molar-refractivity contribution in [2.24, 2.45) is 17.6 Å². The minimum absolute atomic E-state index is 0.0635. The topological polar surface area (TPSA) is 134 Å². The Kier molecular flexibility index (Phi) is 8.17. The Morgan fingerprint density at radius 3 is 2.38 bits per heavy atom. The second-order valence-electron chi connectivity index (χ2n) is 5.32. The van der Waals surface area contributed by atoms with Crippen molar-refractivity contribution in [2.45, 2.75) is 32.7 Å². The van der Waals surface area contributed by atoms with Crippen LogP contribution in [-0.4, -0.2) is 56.2 Å². The SMILES string of the molecule is CCOC(=O)C[C@H](C(=O)OCC)[C@@H](NC(=O)[C@H]1CCOC1)C(N)=O. The molecule has 0 saturated carbocycles. The van der Waals surface area contributed by atoms with Gasteiger partial charge in [-0.15, -0.1) is 0 Å². The summed E-state index contributed by atoms with van der Waals surface area (Å²) in [4.78, 5) is 47.8. The fourth-order valence-corrected chi connectivity index (χ4v) is 2.37. The molecular weight excluding hydrogens is 320 g/mol. The van der Waals surface area contributed by atoms with E-state index >= 15 is 0 Å². The lowest BCUT2D eigenvalue weighted by atomic mass is 9.94. The summed E-state index contributed by atoms with van der Waals surface area (Å²) < 4.78 is 14.8. The summed E-state index contributed by atoms with van der Waals surface area (Å²) in [5, 5.41) is 2.44. The molecule has 2 amide bonds. The Morgan fingerprint density at radius 2 is 1.88 bits per heavy atom. The first-order chi connectivity index (χ1) is 11.4. The van der Waals surface area contributed by atoms with Crippen LogP contribution >= 0.6 is 0 Å². The molecule has 3 atom stereocenters. The van der Waals surface area contributed by atoms with Gasteiger partial charge in [0.15, 0.2) is 0 Å². The molecule has 9 nitrogen and oxygen atoms in total. The predicted molar refractivity (Wildman–Crippen MR) is 81.4 cm³/mol. The van der Waals surface area contributed by atoms with Crippen LogP contribution in [0.25, 0.3) is 0 Å². The van der Waals surface area contributed by atoms with Gasteiger partial charge in [0.2, 0.25) is 11.8 Å². The number of nitrogens with two attached hydrogens (primary N) is 1. The summed E-state index contributed by atoms with van der Waals surface area (Å²) in [6, 6.07) is -1.36. The summed E-state index contributed by atoms with van der Waals surface area (Å²) in [6.45, 7) is 4.08. The second kappa shape index (κ2) is 9.86. The van der Waals surface area contributed by atoms with E-state index in [1.54, 1.807) is 13.8 Å². The van der Waals surface area contributed by atoms with Gasteiger partial charge in [-0.1, -0.05) is 0 Å². The van der Waals surface area contributed by atoms with Gasteiger partial charge in [0.1, 0.15) is 6.04 Å². The highest BCUT2D eigenvalue weighted by molar-refractivity contribution is 5.93. The molecule has 0 bridgehead atoms. The van der Waals surface area contributed by atoms with E-state index in [1.807, 2.05) is 0 Å². The smallest absolute Gasteiger partial charge is 0.312 e. The molecule has 0 aliphatic carbocycles. The molecule has 0 radical (unpaired) electrons. The highest BCUT2D eigenvalue weighted by Gasteiger charge is 2.38. The normalized spacial score (nSPS) is 19.2. The molecule has 0 spiro atoms. The molecule has 0 aromatic carbocycles. The number of primary amides is 1. The van der Waals surface area contributed by atoms with Crippen molar-refractivity contribution < 1.29 is 33.4 Å². The molecule has 1 fully saturated rings. The lowest BCUT2D eigenvalue weighted by Gasteiger charge is -2.24. The van der Waals surface area contributed by atoms with Crippen LogP contribution in [0.5, 0.6) is 0 Å². The highest BCUT2D eigenvalue weighted by Crippen LogP contribution is 2.17. The van der Waals surface area contributed by atoms with E-state index in [2.05, 4.69) is 5.32 Å². The zero-order chi connectivity index (χ0) is 18.1. The van der Waals surface area contributed by atoms with E-state index in [-0.39, 0.29) is 19.8 Å². The van der Waals surface area contributed by atoms with Gasteiger partial charge in [-0.25, -0.2) is 0 Å². The molecule has 136 valence electrons. The molecule has 1 saturated heterocycles. The van der Waals surface area contributed by atoms with Crippen molar-refractivity contribution >= 4 is 23.8 Å². The van der Waals surface area contributed by atoms with Crippen molar-refractivity contribution in [3.05, 3.63) is 0 Å². The average molecular weight is 344 g/mol. The fraction of sp³-hybridized carbons (Fsp3) is 0.733. The predicted octanol–water partition coefficient (Wildman–Crippen LogP) is -0.874. The van der Waals surface area contributed by atoms with Crippen LogP contribution < -0.4 is 11.1 Å². The zero-order valence-electron chi connectivity index (χ0n) is 13.9. The third-order valence-electron chi connectivity index (χ3n) is 3.59. The summed E-state index contributed by atoms with van der Waals surface area (Å²) in [7, 11) is 0. The van der Waals surface area contributed by atoms with Crippen LogP contribution in [0.3, 0.4) is 0 Å². The van der Waals surface area contributed by atoms with Crippen LogP contribution in [0.2, 0.25) is 0 Å². The monoisotopic (exact) mass is 344 g/mol. The van der Waals surface area contributed by atoms with Crippen molar-refractivity contribution in [1.29, 1.82) is 0 Å². The zero-order valence-corrected chi connectivity index (χ0v) is 13.9. The summed E-state index contributed by atoms with van der Waals surface area (Å²) >= 11 is 0. The molecule has 24 heavy (non-hydrogen) atoms. The molecule has 1 rings (SSSR count). The first kappa shape index (κ1) is 19.9. The quantitative estimate of drug-likeness (QED) is 0.519. The number of hydrogen-bond acceptors (Lipinski definition) is 7. The van der Waals surface area contributed by atoms with Gasteiger partial charge >= 0.3 is 11.9 Å². The Bertz CT molecular complexity index is 474. The minimum Gasteiger partial charge on any atom is -0.466 e. The number of esters is 2. The van der Waals surface area contributed by atoms with Crippen LogP contribution in [0.1, 0.15) is 26.7 Å². The number of carbonyl (C=O) groups is 4. The van der Waals surface area contributed by atoms with Gasteiger partial charge in [-0.3, -0.25) is 19.2 Å². The van der Waals surface area contributed by atoms with Crippen LogP contribution in [0.4, 0.5) is 0 Å². The van der Waals surface area contributed by atoms with E-state index < -0.39 is 48.1 Å². The molecule has 1 heterocycles. The number of ether oxygens (including phenoxy) is 3. The van der Waals surface area contributed by atoms with Gasteiger partial charge in [-0.2, -0.15) is 0 Å². The van der Waals surface area contributed by atoms with Crippen LogP contribution in [0, 0.1) is 11.8 Å². The number of rotatable bonds is 9. The molecule has 9 heteroatoms. The van der Waals surface area contributed by atoms with E-state index in [0.29, 0.717) is 13.0 Å². The standard InChI is InChI=1S/C15H24N2O7/c1-3-23-11(18)7-10(15(21)24-4-2)12(13(16)19)17-14(20)9-5-6-22-8-9/h9-10,12H,3-8H2,1-2H3,(H2,16,19)(H,17,20)/t9-,10-,12+/m0/s1. The van der Waals surface area contributed by atoms with Crippen molar-refractivity contribution in [3.8, 4) is 0 Å². The van der Waals surface area contributed by atoms with E-state index in [0.717, 1.165) is 0 Å². The number of amides is 2. The number of hydrogen-bond donors (Lipinski definition) is 2. The van der Waals surface area contributed by atoms with E-state index in [9.17, 15) is 19.2 Å². The first-order valence-corrected chi connectivity index (χ1v) is 7.90. The lowest BCUT2D eigenvalue weighted by Crippen LogP contribution is -2.53. The molecule has 0 unspecified atom stereocenters. The van der Waals surface area contributed by atoms with Crippen LogP contribution in [-0.2, 0) is 33.4 Å². The van der Waals surface area contributed by atoms with E-state index in [4.69, 9.17) is 19.9 Å². The van der Waals surface area contributed by atoms with Gasteiger partial charge < -0.3 is 25.3 Å². The molecule has 1 aliphatic rings. The average Bonchev–Trinajstić information content (AvgIpc) is 3.05. The third-order valence-corrected chi connectivity index (χ3v) is 3.59. The summed E-state index contributed by atoms with van der Waals surface area (Å²) in [6.07, 6.45) is 0.0982. The maximum Gasteiger partial charge on any atom is 0.312 e. The maximum absolute atomic E-state index is 12.2. The second-order valence-corrected chi connectivity index (χ2v) is 5.32. The van der Waals surface area contributed by atoms with Crippen molar-refractivity contribution in [1.82, 2.24) is 5.32 Å². The first-order valence-electron chi connectivity index (χ1n) is 7.90. The number of carbonyl (C=O) groups excluding carboxylic acids is 4. The Balaban J connectivity index is 2.89. The number of nitrogens with one attached hydrogen (secondary N) is 1. The fourth-order valence-electron chi connectivity index (χ4n) is 2.37. The maximum atomic E-state index is 12.2. The largest absolute Gasteiger partial charge is 0.466 e. The van der Waals surface area contributed by atoms with Crippen LogP contribution in [0.15, 0.2) is 0 Å². The summed E-state index contributed by atoms with van der Waals surface area (Å²) in [5.41, 5.74) is 5.32. The van der Waals surface area contributed by atoms with E-state index in [1.165, 1.54) is 0 Å². The molecule has 1 aliphatic heterocycles. The summed E-state index contributed by atoms with van der Waals surface area (Å²) in [5.74, 6) is -4.51.